The van der Waals surface area contributed by atoms with E-state index in [4.69, 9.17) is 9.05 Å². The number of likely N-dealkylation sites (N-methyl/N-ethyl adjacent to an activating group) is 1. The molecule has 3 unspecified atom stereocenters. The van der Waals surface area contributed by atoms with Crippen molar-refractivity contribution >= 4 is 13.7 Å². The van der Waals surface area contributed by atoms with Crippen molar-refractivity contribution in [2.24, 2.45) is 0 Å². The molecule has 0 aromatic heterocycles. The van der Waals surface area contributed by atoms with Gasteiger partial charge in [0.15, 0.2) is 0 Å². The van der Waals surface area contributed by atoms with Crippen molar-refractivity contribution in [2.45, 2.75) is 321 Å². The topological polar surface area (TPSA) is 105 Å². The lowest BCUT2D eigenvalue weighted by atomic mass is 10.0. The summed E-state index contributed by atoms with van der Waals surface area (Å²) in [6, 6.07) is -0.758. The molecule has 0 aliphatic heterocycles. The Hall–Kier alpha value is -1.28. The summed E-state index contributed by atoms with van der Waals surface area (Å²) in [5.41, 5.74) is 0. The predicted molar refractivity (Wildman–Crippen MR) is 314 cm³/mol. The minimum Gasteiger partial charge on any atom is -0.391 e. The Morgan fingerprint density at radius 3 is 1.15 bits per heavy atom. The van der Waals surface area contributed by atoms with Crippen LogP contribution in [0.4, 0.5) is 0 Å². The molecular weight excluding hydrogens is 912 g/mol. The van der Waals surface area contributed by atoms with Gasteiger partial charge in [-0.1, -0.05) is 288 Å². The maximum absolute atomic E-state index is 13.0. The largest absolute Gasteiger partial charge is 0.472 e. The van der Waals surface area contributed by atoms with Crippen molar-refractivity contribution in [3.63, 3.8) is 0 Å². The number of phosphoric acid groups is 1. The molecule has 0 rings (SSSR count). The summed E-state index contributed by atoms with van der Waals surface area (Å²) in [5, 5.41) is 14.0. The molecule has 0 radical (unpaired) electrons. The van der Waals surface area contributed by atoms with Gasteiger partial charge in [0.2, 0.25) is 5.91 Å². The number of hydrogen-bond acceptors (Lipinski definition) is 5. The van der Waals surface area contributed by atoms with Crippen molar-refractivity contribution < 1.29 is 32.9 Å². The Kier molecular flexibility index (Phi) is 53.5. The summed E-state index contributed by atoms with van der Waals surface area (Å²) in [6.45, 7) is 4.90. The molecule has 9 heteroatoms. The highest BCUT2D eigenvalue weighted by molar-refractivity contribution is 7.47. The molecule has 0 spiro atoms. The van der Waals surface area contributed by atoms with Crippen LogP contribution in [0.2, 0.25) is 0 Å². The van der Waals surface area contributed by atoms with Crippen LogP contribution in [0.3, 0.4) is 0 Å². The molecule has 3 N–H and O–H groups in total. The zero-order valence-electron chi connectivity index (χ0n) is 48.7. The standard InChI is InChI=1S/C63H123N2O6P/c1-6-8-10-12-14-16-18-20-21-22-23-24-25-26-27-28-29-30-31-32-33-34-35-36-37-38-39-40-41-42-43-45-47-49-51-53-55-57-63(67)64-61(60-71-72(68,69)70-59-58-65(3,4)5)62(66)56-54-52-50-48-46-44-19-17-15-13-11-9-7-2/h18,20,22-23,25-26,61-62,66H,6-17,19,21,24,27-60H2,1-5H3,(H-,64,67,68,69)/p+1/b20-18-,23-22-,26-25-. The Bertz CT molecular complexity index is 1270. The number of aliphatic hydroxyl groups is 1. The maximum Gasteiger partial charge on any atom is 0.472 e. The third kappa shape index (κ3) is 56.4. The lowest BCUT2D eigenvalue weighted by molar-refractivity contribution is -0.870. The zero-order chi connectivity index (χ0) is 52.7. The Morgan fingerprint density at radius 2 is 0.792 bits per heavy atom. The summed E-state index contributed by atoms with van der Waals surface area (Å²) in [7, 11) is 1.63. The van der Waals surface area contributed by atoms with Gasteiger partial charge in [-0.3, -0.25) is 13.8 Å². The Balaban J connectivity index is 3.89. The van der Waals surface area contributed by atoms with Crippen LogP contribution in [-0.4, -0.2) is 73.4 Å². The number of nitrogens with zero attached hydrogens (tertiary/aromatic N) is 1. The van der Waals surface area contributed by atoms with Crippen LogP contribution in [0.5, 0.6) is 0 Å². The number of carbonyl (C=O) groups excluding carboxylic acids is 1. The zero-order valence-corrected chi connectivity index (χ0v) is 49.6. The van der Waals surface area contributed by atoms with E-state index in [1.807, 2.05) is 21.1 Å². The van der Waals surface area contributed by atoms with Crippen LogP contribution in [0.25, 0.3) is 0 Å². The number of phosphoric ester groups is 1. The van der Waals surface area contributed by atoms with Crippen molar-refractivity contribution in [1.29, 1.82) is 0 Å². The second-order valence-corrected chi connectivity index (χ2v) is 24.2. The molecule has 426 valence electrons. The lowest BCUT2D eigenvalue weighted by Gasteiger charge is -2.26. The third-order valence-corrected chi connectivity index (χ3v) is 15.4. The minimum absolute atomic E-state index is 0.0767. The summed E-state index contributed by atoms with van der Waals surface area (Å²) in [5.74, 6) is -0.140. The van der Waals surface area contributed by atoms with Gasteiger partial charge in [0.05, 0.1) is 39.9 Å². The predicted octanol–water partition coefficient (Wildman–Crippen LogP) is 19.3. The Morgan fingerprint density at radius 1 is 0.472 bits per heavy atom. The van der Waals surface area contributed by atoms with Crippen LogP contribution >= 0.6 is 7.82 Å². The molecule has 8 nitrogen and oxygen atoms in total. The number of carbonyl (C=O) groups is 1. The summed E-state index contributed by atoms with van der Waals surface area (Å²) >= 11 is 0. The van der Waals surface area contributed by atoms with Crippen molar-refractivity contribution in [1.82, 2.24) is 5.32 Å². The van der Waals surface area contributed by atoms with Crippen molar-refractivity contribution in [2.75, 3.05) is 40.9 Å². The van der Waals surface area contributed by atoms with E-state index >= 15 is 0 Å². The van der Waals surface area contributed by atoms with E-state index in [9.17, 15) is 19.4 Å². The van der Waals surface area contributed by atoms with Crippen LogP contribution in [0.1, 0.15) is 309 Å². The fourth-order valence-corrected chi connectivity index (χ4v) is 10.2. The number of aliphatic hydroxyl groups excluding tert-OH is 1. The first kappa shape index (κ1) is 70.7. The highest BCUT2D eigenvalue weighted by atomic mass is 31.2. The lowest BCUT2D eigenvalue weighted by Crippen LogP contribution is -2.46. The Labute approximate surface area is 448 Å². The first-order valence-corrected chi connectivity index (χ1v) is 32.8. The van der Waals surface area contributed by atoms with Crippen molar-refractivity contribution in [3.8, 4) is 0 Å². The van der Waals surface area contributed by atoms with Gasteiger partial charge in [-0.2, -0.15) is 0 Å². The molecule has 0 saturated heterocycles. The molecule has 0 fully saturated rings. The molecule has 0 bridgehead atoms. The molecule has 0 heterocycles. The van der Waals surface area contributed by atoms with E-state index in [0.717, 1.165) is 51.4 Å². The number of unbranched alkanes of at least 4 members (excludes halogenated alkanes) is 39. The van der Waals surface area contributed by atoms with E-state index in [0.29, 0.717) is 23.9 Å². The van der Waals surface area contributed by atoms with Gasteiger partial charge in [-0.15, -0.1) is 0 Å². The normalized spacial score (nSPS) is 14.0. The van der Waals surface area contributed by atoms with Gasteiger partial charge in [0.1, 0.15) is 13.2 Å². The second kappa shape index (κ2) is 54.5. The van der Waals surface area contributed by atoms with Crippen LogP contribution in [0.15, 0.2) is 36.5 Å². The van der Waals surface area contributed by atoms with Gasteiger partial charge >= 0.3 is 7.82 Å². The van der Waals surface area contributed by atoms with Crippen molar-refractivity contribution in [3.05, 3.63) is 36.5 Å². The van der Waals surface area contributed by atoms with E-state index in [-0.39, 0.29) is 19.1 Å². The molecule has 0 saturated carbocycles. The smallest absolute Gasteiger partial charge is 0.391 e. The number of amides is 1. The number of rotatable bonds is 58. The minimum atomic E-state index is -4.32. The van der Waals surface area contributed by atoms with Crippen LogP contribution < -0.4 is 5.32 Å². The molecule has 0 aromatic rings. The molecule has 3 atom stereocenters. The first-order valence-electron chi connectivity index (χ1n) is 31.4. The first-order chi connectivity index (χ1) is 35.0. The fraction of sp³-hybridized carbons (Fsp3) is 0.889. The van der Waals surface area contributed by atoms with Gasteiger partial charge in [-0.25, -0.2) is 4.57 Å². The summed E-state index contributed by atoms with van der Waals surface area (Å²) in [6.07, 6.45) is 70.9. The number of nitrogens with one attached hydrogen (secondary N) is 1. The highest BCUT2D eigenvalue weighted by Crippen LogP contribution is 2.43. The quantitative estimate of drug-likeness (QED) is 0.0243. The van der Waals surface area contributed by atoms with Crippen LogP contribution in [-0.2, 0) is 18.4 Å². The van der Waals surface area contributed by atoms with Gasteiger partial charge < -0.3 is 19.8 Å². The van der Waals surface area contributed by atoms with E-state index in [1.54, 1.807) is 0 Å². The van der Waals surface area contributed by atoms with E-state index in [2.05, 4.69) is 55.6 Å². The molecule has 1 amide bonds. The summed E-state index contributed by atoms with van der Waals surface area (Å²) in [4.78, 5) is 23.3. The highest BCUT2D eigenvalue weighted by Gasteiger charge is 2.28. The van der Waals surface area contributed by atoms with Gasteiger partial charge in [0, 0.05) is 6.42 Å². The van der Waals surface area contributed by atoms with Gasteiger partial charge in [0.25, 0.3) is 0 Å². The third-order valence-electron chi connectivity index (χ3n) is 14.4. The average Bonchev–Trinajstić information content (AvgIpc) is 3.34. The molecule has 0 aliphatic carbocycles. The average molecular weight is 1040 g/mol. The van der Waals surface area contributed by atoms with E-state index < -0.39 is 20.0 Å². The molecule has 0 aliphatic rings. The monoisotopic (exact) mass is 1040 g/mol. The van der Waals surface area contributed by atoms with E-state index in [1.165, 1.54) is 231 Å². The van der Waals surface area contributed by atoms with Crippen LogP contribution in [0, 0.1) is 0 Å². The van der Waals surface area contributed by atoms with Gasteiger partial charge in [-0.05, 0) is 51.4 Å². The molecule has 72 heavy (non-hydrogen) atoms. The molecule has 0 aromatic carbocycles. The number of hydrogen-bond donors (Lipinski definition) is 3. The fourth-order valence-electron chi connectivity index (χ4n) is 9.47. The maximum atomic E-state index is 13.0. The number of allylic oxidation sites excluding steroid dienone is 6. The molecular formula is C63H124N2O6P+. The second-order valence-electron chi connectivity index (χ2n) is 22.8. The number of quaternary nitrogens is 1. The summed E-state index contributed by atoms with van der Waals surface area (Å²) < 4.78 is 23.8. The SMILES string of the molecule is CCCCCCC/C=C\C/C=C\C/C=C\CCCCCCCCCCCCCCCCCCCCCCCCC(=O)NC(COP(=O)(O)OCC[N+](C)(C)C)C(O)CCCCCCCCCCCCCCC.